The maximum Gasteiger partial charge on any atom is 0.137 e. The molecule has 1 saturated heterocycles. The average Bonchev–Trinajstić information content (AvgIpc) is 2.03. The molecule has 0 saturated carbocycles. The van der Waals surface area contributed by atoms with Crippen molar-refractivity contribution in [1.29, 1.82) is 0 Å². The summed E-state index contributed by atoms with van der Waals surface area (Å²) in [6, 6.07) is 5.01. The summed E-state index contributed by atoms with van der Waals surface area (Å²) in [5, 5.41) is 12.3. The lowest BCUT2D eigenvalue weighted by Gasteiger charge is -2.28. The van der Waals surface area contributed by atoms with Crippen molar-refractivity contribution in [2.45, 2.75) is 6.10 Å². The second kappa shape index (κ2) is 3.55. The molecule has 2 N–H and O–H groups in total. The molecule has 0 spiro atoms. The molecule has 1 aromatic carbocycles. The number of halogens is 1. The SMILES string of the molecule is Oc1ccc(Br)c(OC2CNC2)c1. The Hall–Kier alpha value is -0.740. The normalized spacial score (nSPS) is 16.7. The fraction of sp³-hybridized carbons (Fsp3) is 0.333. The van der Waals surface area contributed by atoms with Gasteiger partial charge >= 0.3 is 0 Å². The second-order valence-corrected chi connectivity index (χ2v) is 3.87. The van der Waals surface area contributed by atoms with Gasteiger partial charge in [0.1, 0.15) is 17.6 Å². The first-order valence-corrected chi connectivity index (χ1v) is 4.91. The van der Waals surface area contributed by atoms with Gasteiger partial charge in [-0.05, 0) is 28.1 Å². The van der Waals surface area contributed by atoms with E-state index < -0.39 is 0 Å². The van der Waals surface area contributed by atoms with Crippen LogP contribution in [0.2, 0.25) is 0 Å². The quantitative estimate of drug-likeness (QED) is 0.828. The highest BCUT2D eigenvalue weighted by Crippen LogP contribution is 2.29. The van der Waals surface area contributed by atoms with Crippen LogP contribution in [-0.4, -0.2) is 24.3 Å². The summed E-state index contributed by atoms with van der Waals surface area (Å²) >= 11 is 3.36. The predicted octanol–water partition coefficient (Wildman–Crippen LogP) is 1.51. The Bertz CT molecular complexity index is 312. The van der Waals surface area contributed by atoms with E-state index in [2.05, 4.69) is 21.2 Å². The lowest BCUT2D eigenvalue weighted by Crippen LogP contribution is -2.50. The summed E-state index contributed by atoms with van der Waals surface area (Å²) < 4.78 is 6.46. The van der Waals surface area contributed by atoms with Crippen LogP contribution in [0.15, 0.2) is 22.7 Å². The maximum atomic E-state index is 9.22. The lowest BCUT2D eigenvalue weighted by atomic mass is 10.2. The van der Waals surface area contributed by atoms with Gasteiger partial charge in [0.05, 0.1) is 4.47 Å². The Balaban J connectivity index is 2.13. The fourth-order valence-corrected chi connectivity index (χ4v) is 1.45. The topological polar surface area (TPSA) is 41.5 Å². The molecule has 1 aliphatic heterocycles. The van der Waals surface area contributed by atoms with Crippen LogP contribution in [0, 0.1) is 0 Å². The predicted molar refractivity (Wildman–Crippen MR) is 53.1 cm³/mol. The molecule has 4 heteroatoms. The van der Waals surface area contributed by atoms with Gasteiger partial charge in [0.25, 0.3) is 0 Å². The van der Waals surface area contributed by atoms with Gasteiger partial charge in [-0.25, -0.2) is 0 Å². The number of rotatable bonds is 2. The van der Waals surface area contributed by atoms with E-state index in [-0.39, 0.29) is 11.9 Å². The number of nitrogens with one attached hydrogen (secondary N) is 1. The van der Waals surface area contributed by atoms with Crippen LogP contribution in [0.4, 0.5) is 0 Å². The van der Waals surface area contributed by atoms with E-state index in [9.17, 15) is 5.11 Å². The van der Waals surface area contributed by atoms with Gasteiger partial charge in [-0.15, -0.1) is 0 Å². The largest absolute Gasteiger partial charge is 0.508 e. The maximum absolute atomic E-state index is 9.22. The first-order valence-electron chi connectivity index (χ1n) is 4.11. The van der Waals surface area contributed by atoms with Gasteiger partial charge < -0.3 is 15.2 Å². The van der Waals surface area contributed by atoms with Crippen molar-refractivity contribution in [2.24, 2.45) is 0 Å². The summed E-state index contributed by atoms with van der Waals surface area (Å²) in [5.74, 6) is 0.928. The summed E-state index contributed by atoms with van der Waals surface area (Å²) in [7, 11) is 0. The minimum Gasteiger partial charge on any atom is -0.508 e. The highest BCUT2D eigenvalue weighted by atomic mass is 79.9. The molecule has 1 aromatic rings. The Kier molecular flexibility index (Phi) is 2.42. The Morgan fingerprint density at radius 3 is 2.85 bits per heavy atom. The molecule has 0 unspecified atom stereocenters. The molecule has 0 radical (unpaired) electrons. The van der Waals surface area contributed by atoms with Crippen LogP contribution in [0.1, 0.15) is 0 Å². The second-order valence-electron chi connectivity index (χ2n) is 3.01. The first-order chi connectivity index (χ1) is 6.25. The summed E-state index contributed by atoms with van der Waals surface area (Å²) in [5.41, 5.74) is 0. The number of hydrogen-bond acceptors (Lipinski definition) is 3. The van der Waals surface area contributed by atoms with E-state index in [1.54, 1.807) is 18.2 Å². The van der Waals surface area contributed by atoms with E-state index in [0.29, 0.717) is 5.75 Å². The molecule has 0 aromatic heterocycles. The van der Waals surface area contributed by atoms with Crippen molar-refractivity contribution < 1.29 is 9.84 Å². The van der Waals surface area contributed by atoms with Crippen LogP contribution in [-0.2, 0) is 0 Å². The zero-order chi connectivity index (χ0) is 9.26. The van der Waals surface area contributed by atoms with E-state index in [0.717, 1.165) is 17.6 Å². The zero-order valence-electron chi connectivity index (χ0n) is 6.96. The molecule has 13 heavy (non-hydrogen) atoms. The van der Waals surface area contributed by atoms with E-state index >= 15 is 0 Å². The van der Waals surface area contributed by atoms with Crippen molar-refractivity contribution in [3.63, 3.8) is 0 Å². The van der Waals surface area contributed by atoms with Crippen LogP contribution in [0.3, 0.4) is 0 Å². The minimum atomic E-state index is 0.227. The van der Waals surface area contributed by atoms with Crippen LogP contribution >= 0.6 is 15.9 Å². The Morgan fingerprint density at radius 2 is 2.23 bits per heavy atom. The van der Waals surface area contributed by atoms with Crippen molar-refractivity contribution in [1.82, 2.24) is 5.32 Å². The molecular formula is C9H10BrNO2. The van der Waals surface area contributed by atoms with E-state index in [1.807, 2.05) is 0 Å². The molecule has 0 bridgehead atoms. The lowest BCUT2D eigenvalue weighted by molar-refractivity contribution is 0.141. The number of ether oxygens (including phenoxy) is 1. The minimum absolute atomic E-state index is 0.227. The van der Waals surface area contributed by atoms with Crippen LogP contribution in [0.25, 0.3) is 0 Å². The standard InChI is InChI=1S/C9H10BrNO2/c10-8-2-1-6(12)3-9(8)13-7-4-11-5-7/h1-3,7,11-12H,4-5H2. The average molecular weight is 244 g/mol. The summed E-state index contributed by atoms with van der Waals surface area (Å²) in [6.07, 6.45) is 0.234. The summed E-state index contributed by atoms with van der Waals surface area (Å²) in [6.45, 7) is 1.75. The first kappa shape index (κ1) is 8.84. The number of phenolic OH excluding ortho intramolecular Hbond substituents is 1. The molecule has 1 aliphatic rings. The molecule has 1 fully saturated rings. The molecule has 3 nitrogen and oxygen atoms in total. The number of hydrogen-bond donors (Lipinski definition) is 2. The van der Waals surface area contributed by atoms with E-state index in [1.165, 1.54) is 0 Å². The number of benzene rings is 1. The van der Waals surface area contributed by atoms with Crippen LogP contribution in [0.5, 0.6) is 11.5 Å². The summed E-state index contributed by atoms with van der Waals surface area (Å²) in [4.78, 5) is 0. The third-order valence-corrected chi connectivity index (χ3v) is 2.61. The van der Waals surface area contributed by atoms with Crippen molar-refractivity contribution >= 4 is 15.9 Å². The molecule has 0 aliphatic carbocycles. The zero-order valence-corrected chi connectivity index (χ0v) is 8.54. The van der Waals surface area contributed by atoms with Crippen LogP contribution < -0.4 is 10.1 Å². The van der Waals surface area contributed by atoms with Crippen molar-refractivity contribution in [3.05, 3.63) is 22.7 Å². The third kappa shape index (κ3) is 1.95. The van der Waals surface area contributed by atoms with Gasteiger partial charge in [0, 0.05) is 19.2 Å². The molecule has 0 atom stereocenters. The Morgan fingerprint density at radius 1 is 1.46 bits per heavy atom. The van der Waals surface area contributed by atoms with Gasteiger partial charge in [0.15, 0.2) is 0 Å². The monoisotopic (exact) mass is 243 g/mol. The fourth-order valence-electron chi connectivity index (χ4n) is 1.11. The highest BCUT2D eigenvalue weighted by Gasteiger charge is 2.19. The molecule has 2 rings (SSSR count). The smallest absolute Gasteiger partial charge is 0.137 e. The molecule has 70 valence electrons. The highest BCUT2D eigenvalue weighted by molar-refractivity contribution is 9.10. The number of phenols is 1. The van der Waals surface area contributed by atoms with Gasteiger partial charge in [-0.3, -0.25) is 0 Å². The molecule has 1 heterocycles. The molecule has 0 amide bonds. The van der Waals surface area contributed by atoms with Crippen molar-refractivity contribution in [2.75, 3.05) is 13.1 Å². The Labute approximate surface area is 84.8 Å². The third-order valence-electron chi connectivity index (χ3n) is 1.95. The van der Waals surface area contributed by atoms with E-state index in [4.69, 9.17) is 4.74 Å². The van der Waals surface area contributed by atoms with Gasteiger partial charge in [-0.1, -0.05) is 0 Å². The van der Waals surface area contributed by atoms with Gasteiger partial charge in [0.2, 0.25) is 0 Å². The molecular weight excluding hydrogens is 234 g/mol. The van der Waals surface area contributed by atoms with Crippen molar-refractivity contribution in [3.8, 4) is 11.5 Å². The van der Waals surface area contributed by atoms with Gasteiger partial charge in [-0.2, -0.15) is 0 Å². The number of aromatic hydroxyl groups is 1.